The second-order valence-electron chi connectivity index (χ2n) is 11.8. The van der Waals surface area contributed by atoms with E-state index >= 15 is 0 Å². The molecule has 0 saturated heterocycles. The molecule has 1 heterocycles. The third kappa shape index (κ3) is 8.31. The lowest BCUT2D eigenvalue weighted by Gasteiger charge is -2.25. The van der Waals surface area contributed by atoms with Gasteiger partial charge in [0.15, 0.2) is 5.78 Å². The molecular weight excluding hydrogens is 644 g/mol. The zero-order chi connectivity index (χ0) is 35.0. The molecule has 4 aromatic rings. The van der Waals surface area contributed by atoms with Crippen LogP contribution in [0.2, 0.25) is 0 Å². The Labute approximate surface area is 285 Å². The molecule has 0 unspecified atom stereocenters. The summed E-state index contributed by atoms with van der Waals surface area (Å²) in [5.41, 5.74) is 1.85. The van der Waals surface area contributed by atoms with Crippen molar-refractivity contribution >= 4 is 39.2 Å². The number of sulfone groups is 1. The number of ketones is 1. The van der Waals surface area contributed by atoms with Crippen LogP contribution in [0.4, 0.5) is 4.79 Å². The molecule has 4 aromatic carbocycles. The van der Waals surface area contributed by atoms with Gasteiger partial charge >= 0.3 is 12.1 Å². The third-order valence-electron chi connectivity index (χ3n) is 7.98. The standard InChI is InChI=1S/C38H36N2O8S/c1-25(2)34(36(42)39-30(22-26-14-6-3-7-15-26)37(43)47-23-27-16-8-4-9-17-27)40-38(44)48-24-32-33(28-18-10-5-11-19-28)35(41)29-20-12-13-21-31(29)49(32,45)46/h3-21,25,30,34H,22-24H2,1-2H3,(H,39,42)(H,40,44)/t30-,34-/m0/s1. The van der Waals surface area contributed by atoms with Crippen molar-refractivity contribution < 1.29 is 37.1 Å². The van der Waals surface area contributed by atoms with E-state index in [2.05, 4.69) is 10.6 Å². The van der Waals surface area contributed by atoms with Gasteiger partial charge in [0.25, 0.3) is 0 Å². The Morgan fingerprint density at radius 1 is 0.694 bits per heavy atom. The Morgan fingerprint density at radius 3 is 1.90 bits per heavy atom. The highest BCUT2D eigenvalue weighted by Gasteiger charge is 2.38. The van der Waals surface area contributed by atoms with Gasteiger partial charge in [-0.05, 0) is 34.7 Å². The number of hydrogen-bond acceptors (Lipinski definition) is 8. The third-order valence-corrected chi connectivity index (χ3v) is 9.88. The molecular formula is C38H36N2O8S. The van der Waals surface area contributed by atoms with Crippen molar-refractivity contribution in [3.8, 4) is 0 Å². The van der Waals surface area contributed by atoms with Crippen LogP contribution in [-0.2, 0) is 41.9 Å². The average molecular weight is 681 g/mol. The number of esters is 1. The number of nitrogens with one attached hydrogen (secondary N) is 2. The fraction of sp³-hybridized carbons (Fsp3) is 0.211. The molecule has 2 atom stereocenters. The van der Waals surface area contributed by atoms with Gasteiger partial charge in [0.2, 0.25) is 15.7 Å². The van der Waals surface area contributed by atoms with E-state index in [9.17, 15) is 27.6 Å². The molecule has 1 aliphatic rings. The molecule has 0 bridgehead atoms. The van der Waals surface area contributed by atoms with Gasteiger partial charge < -0.3 is 20.1 Å². The summed E-state index contributed by atoms with van der Waals surface area (Å²) in [5, 5.41) is 5.23. The van der Waals surface area contributed by atoms with Gasteiger partial charge in [-0.1, -0.05) is 117 Å². The van der Waals surface area contributed by atoms with E-state index in [-0.39, 0.29) is 34.0 Å². The molecule has 2 N–H and O–H groups in total. The van der Waals surface area contributed by atoms with Crippen LogP contribution in [-0.4, -0.2) is 50.9 Å². The minimum Gasteiger partial charge on any atom is -0.459 e. The van der Waals surface area contributed by atoms with Crippen LogP contribution in [0.5, 0.6) is 0 Å². The fourth-order valence-corrected chi connectivity index (χ4v) is 7.10. The van der Waals surface area contributed by atoms with Crippen LogP contribution in [0.15, 0.2) is 125 Å². The van der Waals surface area contributed by atoms with Crippen molar-refractivity contribution in [1.82, 2.24) is 10.6 Å². The number of ether oxygens (including phenoxy) is 2. The second kappa shape index (κ2) is 15.6. The normalized spacial score (nSPS) is 14.7. The highest BCUT2D eigenvalue weighted by atomic mass is 32.2. The first kappa shape index (κ1) is 34.8. The van der Waals surface area contributed by atoms with Crippen molar-refractivity contribution in [2.75, 3.05) is 6.61 Å². The minimum atomic E-state index is -4.23. The van der Waals surface area contributed by atoms with Crippen LogP contribution < -0.4 is 10.6 Å². The summed E-state index contributed by atoms with van der Waals surface area (Å²) in [6.07, 6.45) is -0.944. The molecule has 11 heteroatoms. The van der Waals surface area contributed by atoms with E-state index in [1.165, 1.54) is 18.2 Å². The molecule has 1 aliphatic heterocycles. The lowest BCUT2D eigenvalue weighted by Crippen LogP contribution is -2.54. The second-order valence-corrected chi connectivity index (χ2v) is 13.7. The molecule has 252 valence electrons. The summed E-state index contributed by atoms with van der Waals surface area (Å²) in [6.45, 7) is 2.65. The summed E-state index contributed by atoms with van der Waals surface area (Å²) in [6, 6.07) is 30.1. The number of allylic oxidation sites excluding steroid dienone is 1. The van der Waals surface area contributed by atoms with Crippen LogP contribution >= 0.6 is 0 Å². The van der Waals surface area contributed by atoms with Gasteiger partial charge in [-0.3, -0.25) is 9.59 Å². The predicted octanol–water partition coefficient (Wildman–Crippen LogP) is 5.29. The minimum absolute atomic E-state index is 0.00965. The number of amides is 2. The van der Waals surface area contributed by atoms with Gasteiger partial charge in [-0.2, -0.15) is 0 Å². The summed E-state index contributed by atoms with van der Waals surface area (Å²) in [5.74, 6) is -2.29. The molecule has 5 rings (SSSR count). The van der Waals surface area contributed by atoms with Gasteiger partial charge in [0.1, 0.15) is 25.3 Å². The smallest absolute Gasteiger partial charge is 0.408 e. The zero-order valence-corrected chi connectivity index (χ0v) is 27.8. The largest absolute Gasteiger partial charge is 0.459 e. The van der Waals surface area contributed by atoms with Crippen LogP contribution in [0.1, 0.15) is 40.9 Å². The van der Waals surface area contributed by atoms with Crippen molar-refractivity contribution in [3.05, 3.63) is 142 Å². The van der Waals surface area contributed by atoms with Gasteiger partial charge in [0.05, 0.1) is 9.80 Å². The first-order valence-electron chi connectivity index (χ1n) is 15.7. The first-order chi connectivity index (χ1) is 23.6. The van der Waals surface area contributed by atoms with Crippen LogP contribution in [0.25, 0.3) is 5.57 Å². The van der Waals surface area contributed by atoms with Crippen molar-refractivity contribution in [1.29, 1.82) is 0 Å². The topological polar surface area (TPSA) is 145 Å². The maximum Gasteiger partial charge on any atom is 0.408 e. The van der Waals surface area contributed by atoms with Gasteiger partial charge in [-0.25, -0.2) is 18.0 Å². The molecule has 0 radical (unpaired) electrons. The van der Waals surface area contributed by atoms with E-state index < -0.39 is 58.2 Å². The number of hydrogen-bond donors (Lipinski definition) is 2. The van der Waals surface area contributed by atoms with E-state index in [4.69, 9.17) is 9.47 Å². The number of fused-ring (bicyclic) bond motifs is 1. The quantitative estimate of drug-likeness (QED) is 0.192. The monoisotopic (exact) mass is 680 g/mol. The number of rotatable bonds is 12. The van der Waals surface area contributed by atoms with Gasteiger partial charge in [-0.15, -0.1) is 0 Å². The number of carbonyl (C=O) groups is 4. The Kier molecular flexibility index (Phi) is 11.0. The highest BCUT2D eigenvalue weighted by Crippen LogP contribution is 2.37. The molecule has 0 saturated carbocycles. The number of benzene rings is 4. The van der Waals surface area contributed by atoms with Crippen molar-refractivity contribution in [2.45, 2.75) is 43.9 Å². The molecule has 0 aromatic heterocycles. The van der Waals surface area contributed by atoms with Crippen LogP contribution in [0.3, 0.4) is 0 Å². The Hall–Kier alpha value is -5.55. The Balaban J connectivity index is 1.32. The summed E-state index contributed by atoms with van der Waals surface area (Å²) in [7, 11) is -4.23. The maximum atomic E-state index is 13.7. The SMILES string of the molecule is CC(C)[C@H](NC(=O)OCC1=C(c2ccccc2)C(=O)c2ccccc2S1(=O)=O)C(=O)N[C@@H](Cc1ccccc1)C(=O)OCc1ccccc1. The average Bonchev–Trinajstić information content (AvgIpc) is 3.11. The summed E-state index contributed by atoms with van der Waals surface area (Å²) in [4.78, 5) is 53.0. The number of carbonyl (C=O) groups excluding carboxylic acids is 4. The van der Waals surface area contributed by atoms with E-state index in [0.29, 0.717) is 5.56 Å². The van der Waals surface area contributed by atoms with Crippen molar-refractivity contribution in [3.63, 3.8) is 0 Å². The van der Waals surface area contributed by atoms with E-state index in [1.54, 1.807) is 50.2 Å². The first-order valence-corrected chi connectivity index (χ1v) is 17.2. The molecule has 10 nitrogen and oxygen atoms in total. The van der Waals surface area contributed by atoms with E-state index in [1.807, 2.05) is 60.7 Å². The molecule has 2 amide bonds. The lowest BCUT2D eigenvalue weighted by atomic mass is 9.96. The fourth-order valence-electron chi connectivity index (χ4n) is 5.43. The number of alkyl carbamates (subject to hydrolysis) is 1. The lowest BCUT2D eigenvalue weighted by molar-refractivity contribution is -0.149. The predicted molar refractivity (Wildman–Crippen MR) is 183 cm³/mol. The molecule has 0 fully saturated rings. The van der Waals surface area contributed by atoms with Crippen molar-refractivity contribution in [2.24, 2.45) is 5.92 Å². The zero-order valence-electron chi connectivity index (χ0n) is 27.0. The molecule has 0 spiro atoms. The van der Waals surface area contributed by atoms with E-state index in [0.717, 1.165) is 11.1 Å². The van der Waals surface area contributed by atoms with Crippen LogP contribution in [0, 0.1) is 5.92 Å². The highest BCUT2D eigenvalue weighted by molar-refractivity contribution is 7.95. The maximum absolute atomic E-state index is 13.7. The number of Topliss-reactive ketones (excluding diaryl/α,β-unsaturated/α-hetero) is 1. The summed E-state index contributed by atoms with van der Waals surface area (Å²) < 4.78 is 38.4. The van der Waals surface area contributed by atoms with Gasteiger partial charge in [0, 0.05) is 17.6 Å². The molecule has 49 heavy (non-hydrogen) atoms. The Morgan fingerprint density at radius 2 is 1.27 bits per heavy atom. The molecule has 0 aliphatic carbocycles. The summed E-state index contributed by atoms with van der Waals surface area (Å²) >= 11 is 0. The Bertz CT molecular complexity index is 1960.